The van der Waals surface area contributed by atoms with Gasteiger partial charge in [0.05, 0.1) is 11.1 Å². The molecular formula is C18H21F3N2OS. The second-order valence-corrected chi connectivity index (χ2v) is 8.04. The average molecular weight is 370 g/mol. The standard InChI is InChI=1S/C18H21F3N2OS/c1-11(2)25-12(3)13-7-5-6-8-16(13)22-17(24)14-9-23(4)10-15(14)18(19,20)21/h5-12H,1-4H3,(H,22,24). The van der Waals surface area contributed by atoms with E-state index in [0.717, 1.165) is 11.8 Å². The second kappa shape index (κ2) is 7.56. The number of nitrogens with zero attached hydrogens (tertiary/aromatic N) is 1. The molecule has 3 nitrogen and oxygen atoms in total. The molecule has 1 unspecified atom stereocenters. The number of hydrogen-bond acceptors (Lipinski definition) is 2. The van der Waals surface area contributed by atoms with Crippen molar-refractivity contribution in [2.45, 2.75) is 37.4 Å². The Bertz CT molecular complexity index is 753. The first-order valence-electron chi connectivity index (χ1n) is 7.88. The van der Waals surface area contributed by atoms with Gasteiger partial charge in [0.15, 0.2) is 0 Å². The monoisotopic (exact) mass is 370 g/mol. The molecule has 0 saturated heterocycles. The van der Waals surface area contributed by atoms with Crippen molar-refractivity contribution in [1.82, 2.24) is 4.57 Å². The second-order valence-electron chi connectivity index (χ2n) is 6.12. The third-order valence-corrected chi connectivity index (χ3v) is 4.84. The van der Waals surface area contributed by atoms with Crippen molar-refractivity contribution >= 4 is 23.4 Å². The molecule has 0 radical (unpaired) electrons. The van der Waals surface area contributed by atoms with Gasteiger partial charge in [-0.3, -0.25) is 4.79 Å². The van der Waals surface area contributed by atoms with E-state index in [1.54, 1.807) is 23.9 Å². The highest BCUT2D eigenvalue weighted by molar-refractivity contribution is 8.00. The topological polar surface area (TPSA) is 34.0 Å². The lowest BCUT2D eigenvalue weighted by molar-refractivity contribution is -0.137. The van der Waals surface area contributed by atoms with Gasteiger partial charge in [0.25, 0.3) is 5.91 Å². The molecule has 1 aromatic carbocycles. The largest absolute Gasteiger partial charge is 0.418 e. The summed E-state index contributed by atoms with van der Waals surface area (Å²) >= 11 is 1.72. The number of nitrogens with one attached hydrogen (secondary N) is 1. The van der Waals surface area contributed by atoms with Gasteiger partial charge < -0.3 is 9.88 Å². The molecule has 2 aromatic rings. The Kier molecular flexibility index (Phi) is 5.87. The van der Waals surface area contributed by atoms with E-state index in [4.69, 9.17) is 0 Å². The van der Waals surface area contributed by atoms with Gasteiger partial charge in [-0.2, -0.15) is 24.9 Å². The summed E-state index contributed by atoms with van der Waals surface area (Å²) in [6.07, 6.45) is -2.47. The third-order valence-electron chi connectivity index (χ3n) is 3.63. The molecule has 1 aromatic heterocycles. The summed E-state index contributed by atoms with van der Waals surface area (Å²) in [5.74, 6) is -0.762. The number of alkyl halides is 3. The number of aryl methyl sites for hydroxylation is 1. The number of halogens is 3. The summed E-state index contributed by atoms with van der Waals surface area (Å²) in [7, 11) is 1.46. The van der Waals surface area contributed by atoms with E-state index >= 15 is 0 Å². The smallest absolute Gasteiger partial charge is 0.356 e. The Morgan fingerprint density at radius 3 is 2.40 bits per heavy atom. The van der Waals surface area contributed by atoms with Gasteiger partial charge in [0.2, 0.25) is 0 Å². The SMILES string of the molecule is CC(C)SC(C)c1ccccc1NC(=O)c1cn(C)cc1C(F)(F)F. The number of anilines is 1. The summed E-state index contributed by atoms with van der Waals surface area (Å²) in [4.78, 5) is 12.5. The molecular weight excluding hydrogens is 349 g/mol. The Morgan fingerprint density at radius 1 is 1.16 bits per heavy atom. The highest BCUT2D eigenvalue weighted by Crippen LogP contribution is 2.36. The maximum Gasteiger partial charge on any atom is 0.418 e. The molecule has 0 saturated carbocycles. The quantitative estimate of drug-likeness (QED) is 0.754. The summed E-state index contributed by atoms with van der Waals surface area (Å²) in [6.45, 7) is 6.16. The first kappa shape index (κ1) is 19.4. The van der Waals surface area contributed by atoms with Gasteiger partial charge in [-0.25, -0.2) is 0 Å². The van der Waals surface area contributed by atoms with Crippen LogP contribution in [0.3, 0.4) is 0 Å². The molecule has 0 aliphatic carbocycles. The lowest BCUT2D eigenvalue weighted by atomic mass is 10.1. The number of carbonyl (C=O) groups excluding carboxylic acids is 1. The first-order valence-corrected chi connectivity index (χ1v) is 8.82. The molecule has 0 aliphatic rings. The summed E-state index contributed by atoms with van der Waals surface area (Å²) in [5.41, 5.74) is 0.104. The maximum absolute atomic E-state index is 13.1. The summed E-state index contributed by atoms with van der Waals surface area (Å²) < 4.78 is 40.6. The highest BCUT2D eigenvalue weighted by atomic mass is 32.2. The molecule has 1 N–H and O–H groups in total. The van der Waals surface area contributed by atoms with Gasteiger partial charge in [-0.15, -0.1) is 0 Å². The molecule has 1 amide bonds. The van der Waals surface area contributed by atoms with Crippen LogP contribution in [0.1, 0.15) is 47.5 Å². The lowest BCUT2D eigenvalue weighted by Gasteiger charge is -2.18. The predicted octanol–water partition coefficient (Wildman–Crippen LogP) is 5.50. The number of aromatic nitrogens is 1. The molecule has 0 bridgehead atoms. The molecule has 0 fully saturated rings. The number of hydrogen-bond donors (Lipinski definition) is 1. The number of thioether (sulfide) groups is 1. The molecule has 25 heavy (non-hydrogen) atoms. The van der Waals surface area contributed by atoms with E-state index in [2.05, 4.69) is 19.2 Å². The van der Waals surface area contributed by atoms with Crippen molar-refractivity contribution < 1.29 is 18.0 Å². The van der Waals surface area contributed by atoms with Crippen molar-refractivity contribution in [3.8, 4) is 0 Å². The van der Waals surface area contributed by atoms with E-state index < -0.39 is 17.6 Å². The lowest BCUT2D eigenvalue weighted by Crippen LogP contribution is -2.18. The zero-order chi connectivity index (χ0) is 18.8. The zero-order valence-corrected chi connectivity index (χ0v) is 15.3. The molecule has 7 heteroatoms. The van der Waals surface area contributed by atoms with E-state index in [-0.39, 0.29) is 10.8 Å². The fourth-order valence-electron chi connectivity index (χ4n) is 2.63. The molecule has 0 spiro atoms. The summed E-state index contributed by atoms with van der Waals surface area (Å²) in [6, 6.07) is 7.19. The molecule has 136 valence electrons. The normalized spacial score (nSPS) is 13.1. The Balaban J connectivity index is 2.31. The van der Waals surface area contributed by atoms with Crippen molar-refractivity contribution in [2.75, 3.05) is 5.32 Å². The zero-order valence-electron chi connectivity index (χ0n) is 14.5. The van der Waals surface area contributed by atoms with Crippen molar-refractivity contribution in [1.29, 1.82) is 0 Å². The fraction of sp³-hybridized carbons (Fsp3) is 0.389. The van der Waals surface area contributed by atoms with E-state index in [9.17, 15) is 18.0 Å². The minimum atomic E-state index is -4.58. The van der Waals surface area contributed by atoms with Gasteiger partial charge in [-0.1, -0.05) is 32.0 Å². The van der Waals surface area contributed by atoms with Crippen LogP contribution in [-0.2, 0) is 13.2 Å². The van der Waals surface area contributed by atoms with E-state index in [1.165, 1.54) is 17.8 Å². The molecule has 2 rings (SSSR count). The number of para-hydroxylation sites is 1. The Hall–Kier alpha value is -1.89. The highest BCUT2D eigenvalue weighted by Gasteiger charge is 2.36. The van der Waals surface area contributed by atoms with Gasteiger partial charge in [0.1, 0.15) is 0 Å². The average Bonchev–Trinajstić information content (AvgIpc) is 2.89. The van der Waals surface area contributed by atoms with Crippen LogP contribution in [0.5, 0.6) is 0 Å². The van der Waals surface area contributed by atoms with Gasteiger partial charge in [0, 0.05) is 30.4 Å². The van der Waals surface area contributed by atoms with E-state index in [1.807, 2.05) is 19.1 Å². The Morgan fingerprint density at radius 2 is 1.80 bits per heavy atom. The predicted molar refractivity (Wildman–Crippen MR) is 96.0 cm³/mol. The first-order chi connectivity index (χ1) is 11.6. The fourth-order valence-corrected chi connectivity index (χ4v) is 3.80. The van der Waals surface area contributed by atoms with Crippen molar-refractivity contribution in [3.05, 3.63) is 53.3 Å². The van der Waals surface area contributed by atoms with Crippen LogP contribution in [0.4, 0.5) is 18.9 Å². The number of amides is 1. The van der Waals surface area contributed by atoms with Crippen molar-refractivity contribution in [2.24, 2.45) is 7.05 Å². The van der Waals surface area contributed by atoms with Crippen LogP contribution < -0.4 is 5.32 Å². The Labute approximate surface area is 149 Å². The molecule has 1 atom stereocenters. The van der Waals surface area contributed by atoms with E-state index in [0.29, 0.717) is 10.9 Å². The van der Waals surface area contributed by atoms with Gasteiger partial charge in [-0.05, 0) is 23.8 Å². The minimum absolute atomic E-state index is 0.106. The van der Waals surface area contributed by atoms with Gasteiger partial charge >= 0.3 is 6.18 Å². The summed E-state index contributed by atoms with van der Waals surface area (Å²) in [5, 5.41) is 3.14. The van der Waals surface area contributed by atoms with Crippen LogP contribution in [-0.4, -0.2) is 15.7 Å². The maximum atomic E-state index is 13.1. The van der Waals surface area contributed by atoms with Crippen LogP contribution in [0, 0.1) is 0 Å². The molecule has 1 heterocycles. The molecule has 0 aliphatic heterocycles. The number of benzene rings is 1. The van der Waals surface area contributed by atoms with Crippen LogP contribution in [0.25, 0.3) is 0 Å². The van der Waals surface area contributed by atoms with Crippen LogP contribution in [0.15, 0.2) is 36.7 Å². The van der Waals surface area contributed by atoms with Crippen molar-refractivity contribution in [3.63, 3.8) is 0 Å². The van der Waals surface area contributed by atoms with Crippen LogP contribution >= 0.6 is 11.8 Å². The number of carbonyl (C=O) groups is 1. The third kappa shape index (κ3) is 4.81. The number of rotatable bonds is 5. The van der Waals surface area contributed by atoms with Crippen LogP contribution in [0.2, 0.25) is 0 Å². The minimum Gasteiger partial charge on any atom is -0.356 e.